The third kappa shape index (κ3) is 3.96. The summed E-state index contributed by atoms with van der Waals surface area (Å²) in [7, 11) is 1.58. The quantitative estimate of drug-likeness (QED) is 0.431. The molecule has 8 heteroatoms. The van der Waals surface area contributed by atoms with Crippen LogP contribution in [0.5, 0.6) is 5.75 Å². The van der Waals surface area contributed by atoms with Crippen LogP contribution in [0.4, 0.5) is 11.4 Å². The normalized spacial score (nSPS) is 10.7. The molecule has 0 atom stereocenters. The van der Waals surface area contributed by atoms with Gasteiger partial charge >= 0.3 is 0 Å². The highest BCUT2D eigenvalue weighted by Crippen LogP contribution is 2.37. The molecule has 0 spiro atoms. The summed E-state index contributed by atoms with van der Waals surface area (Å²) in [4.78, 5) is 25.3. The smallest absolute Gasteiger partial charge is 0.291 e. The maximum Gasteiger partial charge on any atom is 0.291 e. The molecule has 2 N–H and O–H groups in total. The van der Waals surface area contributed by atoms with E-state index < -0.39 is 0 Å². The fraction of sp³-hybridized carbons (Fsp3) is 0.0476. The zero-order valence-electron chi connectivity index (χ0n) is 15.2. The second kappa shape index (κ2) is 7.98. The van der Waals surface area contributed by atoms with Crippen molar-refractivity contribution < 1.29 is 18.7 Å². The van der Waals surface area contributed by atoms with Crippen molar-refractivity contribution in [2.24, 2.45) is 0 Å². The van der Waals surface area contributed by atoms with Gasteiger partial charge < -0.3 is 19.8 Å². The van der Waals surface area contributed by atoms with Gasteiger partial charge in [0.25, 0.3) is 11.8 Å². The number of benzene rings is 2. The molecule has 0 fully saturated rings. The molecule has 0 saturated heterocycles. The SMILES string of the molecule is COc1ccc2c(Cl)c(C(=O)Nc3cccc(NC(=O)c4ccco4)c3)sc2c1. The highest BCUT2D eigenvalue weighted by Gasteiger charge is 2.18. The van der Waals surface area contributed by atoms with Crippen molar-refractivity contribution in [2.45, 2.75) is 0 Å². The number of anilines is 2. The molecule has 0 radical (unpaired) electrons. The number of hydrogen-bond donors (Lipinski definition) is 2. The van der Waals surface area contributed by atoms with Crippen LogP contribution in [0, 0.1) is 0 Å². The number of carbonyl (C=O) groups is 2. The van der Waals surface area contributed by atoms with Gasteiger partial charge in [-0.3, -0.25) is 9.59 Å². The van der Waals surface area contributed by atoms with E-state index in [1.807, 2.05) is 12.1 Å². The summed E-state index contributed by atoms with van der Waals surface area (Å²) < 4.78 is 11.2. The Balaban J connectivity index is 1.53. The average molecular weight is 427 g/mol. The van der Waals surface area contributed by atoms with E-state index in [-0.39, 0.29) is 17.6 Å². The summed E-state index contributed by atoms with van der Waals surface area (Å²) in [5.74, 6) is 0.193. The first-order chi connectivity index (χ1) is 14.0. The predicted octanol–water partition coefficient (Wildman–Crippen LogP) is 5.66. The number of halogens is 1. The number of hydrogen-bond acceptors (Lipinski definition) is 5. The Labute approximate surface area is 175 Å². The predicted molar refractivity (Wildman–Crippen MR) is 114 cm³/mol. The summed E-state index contributed by atoms with van der Waals surface area (Å²) in [5.41, 5.74) is 1.05. The van der Waals surface area contributed by atoms with Crippen LogP contribution < -0.4 is 15.4 Å². The molecule has 2 heterocycles. The number of amides is 2. The molecule has 146 valence electrons. The van der Waals surface area contributed by atoms with Gasteiger partial charge in [-0.1, -0.05) is 17.7 Å². The molecule has 2 aromatic carbocycles. The maximum atomic E-state index is 12.8. The summed E-state index contributed by atoms with van der Waals surface area (Å²) in [6, 6.07) is 15.5. The number of thiophene rings is 1. The third-order valence-corrected chi connectivity index (χ3v) is 5.82. The maximum absolute atomic E-state index is 12.8. The molecule has 0 aliphatic rings. The van der Waals surface area contributed by atoms with Crippen LogP contribution in [0.2, 0.25) is 5.02 Å². The minimum atomic E-state index is -0.375. The fourth-order valence-electron chi connectivity index (χ4n) is 2.78. The average Bonchev–Trinajstić information content (AvgIpc) is 3.36. The summed E-state index contributed by atoms with van der Waals surface area (Å²) in [6.07, 6.45) is 1.43. The first-order valence-corrected chi connectivity index (χ1v) is 9.77. The highest BCUT2D eigenvalue weighted by atomic mass is 35.5. The molecule has 29 heavy (non-hydrogen) atoms. The van der Waals surface area contributed by atoms with Crippen molar-refractivity contribution in [3.05, 3.63) is 76.5 Å². The fourth-order valence-corrected chi connectivity index (χ4v) is 4.22. The van der Waals surface area contributed by atoms with Crippen molar-refractivity contribution in [3.8, 4) is 5.75 Å². The summed E-state index contributed by atoms with van der Waals surface area (Å²) in [5, 5.41) is 6.73. The Morgan fingerprint density at radius 1 is 1.00 bits per heavy atom. The van der Waals surface area contributed by atoms with Crippen molar-refractivity contribution in [2.75, 3.05) is 17.7 Å². The Bertz CT molecular complexity index is 1200. The monoisotopic (exact) mass is 426 g/mol. The van der Waals surface area contributed by atoms with Gasteiger partial charge in [0.2, 0.25) is 0 Å². The van der Waals surface area contributed by atoms with E-state index in [1.54, 1.807) is 49.6 Å². The van der Waals surface area contributed by atoms with Crippen LogP contribution in [0.15, 0.2) is 65.3 Å². The first kappa shape index (κ1) is 19.0. The molecule has 0 aliphatic heterocycles. The highest BCUT2D eigenvalue weighted by molar-refractivity contribution is 7.21. The number of nitrogens with one attached hydrogen (secondary N) is 2. The van der Waals surface area contributed by atoms with Gasteiger partial charge in [0.05, 0.1) is 18.4 Å². The molecule has 4 rings (SSSR count). The number of carbonyl (C=O) groups excluding carboxylic acids is 2. The summed E-state index contributed by atoms with van der Waals surface area (Å²) in [6.45, 7) is 0. The van der Waals surface area contributed by atoms with E-state index in [4.69, 9.17) is 20.8 Å². The van der Waals surface area contributed by atoms with Gasteiger partial charge in [0, 0.05) is 21.5 Å². The Kier molecular flexibility index (Phi) is 5.24. The van der Waals surface area contributed by atoms with Gasteiger partial charge in [-0.05, 0) is 48.5 Å². The number of furan rings is 1. The zero-order valence-corrected chi connectivity index (χ0v) is 16.8. The van der Waals surface area contributed by atoms with E-state index in [1.165, 1.54) is 17.6 Å². The van der Waals surface area contributed by atoms with E-state index >= 15 is 0 Å². The number of fused-ring (bicyclic) bond motifs is 1. The van der Waals surface area contributed by atoms with Crippen LogP contribution in [-0.2, 0) is 0 Å². The minimum Gasteiger partial charge on any atom is -0.497 e. The molecular formula is C21H15ClN2O4S. The topological polar surface area (TPSA) is 80.6 Å². The van der Waals surface area contributed by atoms with Crippen molar-refractivity contribution in [1.29, 1.82) is 0 Å². The Hall–Kier alpha value is -3.29. The molecule has 0 aliphatic carbocycles. The van der Waals surface area contributed by atoms with Crippen LogP contribution in [0.3, 0.4) is 0 Å². The first-order valence-electron chi connectivity index (χ1n) is 8.57. The molecule has 0 saturated carbocycles. The van der Waals surface area contributed by atoms with E-state index in [9.17, 15) is 9.59 Å². The van der Waals surface area contributed by atoms with E-state index in [0.717, 1.165) is 10.1 Å². The lowest BCUT2D eigenvalue weighted by molar-refractivity contribution is 0.0995. The van der Waals surface area contributed by atoms with Crippen molar-refractivity contribution in [3.63, 3.8) is 0 Å². The van der Waals surface area contributed by atoms with Crippen LogP contribution in [0.1, 0.15) is 20.2 Å². The second-order valence-electron chi connectivity index (χ2n) is 6.07. The molecule has 2 aromatic heterocycles. The number of ether oxygens (including phenoxy) is 1. The lowest BCUT2D eigenvalue weighted by Crippen LogP contribution is -2.13. The van der Waals surface area contributed by atoms with Gasteiger partial charge in [0.15, 0.2) is 5.76 Å². The van der Waals surface area contributed by atoms with Crippen LogP contribution in [-0.4, -0.2) is 18.9 Å². The minimum absolute atomic E-state index is 0.201. The van der Waals surface area contributed by atoms with Crippen LogP contribution in [0.25, 0.3) is 10.1 Å². The molecule has 4 aromatic rings. The van der Waals surface area contributed by atoms with Crippen LogP contribution >= 0.6 is 22.9 Å². The molecular weight excluding hydrogens is 412 g/mol. The molecule has 0 bridgehead atoms. The van der Waals surface area contributed by atoms with Gasteiger partial charge in [-0.2, -0.15) is 0 Å². The lowest BCUT2D eigenvalue weighted by Gasteiger charge is -2.08. The lowest BCUT2D eigenvalue weighted by atomic mass is 10.2. The standard InChI is InChI=1S/C21H15ClN2O4S/c1-27-14-7-8-15-17(11-14)29-19(18(15)22)21(26)24-13-5-2-4-12(10-13)23-20(25)16-6-3-9-28-16/h2-11H,1H3,(H,23,25)(H,24,26). The zero-order chi connectivity index (χ0) is 20.4. The van der Waals surface area contributed by atoms with E-state index in [0.29, 0.717) is 27.0 Å². The van der Waals surface area contributed by atoms with E-state index in [2.05, 4.69) is 10.6 Å². The Morgan fingerprint density at radius 3 is 2.45 bits per heavy atom. The van der Waals surface area contributed by atoms with Crippen molar-refractivity contribution >= 4 is 56.2 Å². The second-order valence-corrected chi connectivity index (χ2v) is 7.50. The third-order valence-electron chi connectivity index (χ3n) is 4.17. The Morgan fingerprint density at radius 2 is 1.76 bits per heavy atom. The number of rotatable bonds is 5. The molecule has 6 nitrogen and oxygen atoms in total. The number of methoxy groups -OCH3 is 1. The van der Waals surface area contributed by atoms with Gasteiger partial charge in [0.1, 0.15) is 10.6 Å². The molecule has 2 amide bonds. The molecule has 0 unspecified atom stereocenters. The van der Waals surface area contributed by atoms with Gasteiger partial charge in [-0.15, -0.1) is 11.3 Å². The largest absolute Gasteiger partial charge is 0.497 e. The summed E-state index contributed by atoms with van der Waals surface area (Å²) >= 11 is 7.70. The van der Waals surface area contributed by atoms with Crippen molar-refractivity contribution in [1.82, 2.24) is 0 Å². The van der Waals surface area contributed by atoms with Gasteiger partial charge in [-0.25, -0.2) is 0 Å².